The molecule has 1 aliphatic carbocycles. The lowest BCUT2D eigenvalue weighted by Gasteiger charge is -2.11. The van der Waals surface area contributed by atoms with E-state index in [0.717, 1.165) is 53.8 Å². The third-order valence-corrected chi connectivity index (χ3v) is 4.57. The Bertz CT molecular complexity index is 924. The number of ether oxygens (including phenoxy) is 1. The van der Waals surface area contributed by atoms with Gasteiger partial charge in [0.1, 0.15) is 11.3 Å². The average Bonchev–Trinajstić information content (AvgIpc) is 2.97. The second-order valence-electron chi connectivity index (χ2n) is 5.97. The second-order valence-corrected chi connectivity index (χ2v) is 5.97. The first-order valence-electron chi connectivity index (χ1n) is 7.99. The number of hydrogen-bond acceptors (Lipinski definition) is 3. The maximum Gasteiger partial charge on any atom is 0.277 e. The van der Waals surface area contributed by atoms with E-state index in [9.17, 15) is 4.79 Å². The number of fused-ring (bicyclic) bond motifs is 3. The molecule has 0 fully saturated rings. The minimum absolute atomic E-state index is 0.0223. The lowest BCUT2D eigenvalue weighted by molar-refractivity contribution is 0.408. The Balaban J connectivity index is 1.82. The van der Waals surface area contributed by atoms with Crippen LogP contribution >= 0.6 is 0 Å². The van der Waals surface area contributed by atoms with Crippen molar-refractivity contribution >= 4 is 5.52 Å². The van der Waals surface area contributed by atoms with Crippen molar-refractivity contribution in [3.8, 4) is 5.75 Å². The van der Waals surface area contributed by atoms with Crippen LogP contribution in [0.15, 0.2) is 41.5 Å². The molecule has 0 radical (unpaired) electrons. The van der Waals surface area contributed by atoms with Crippen molar-refractivity contribution in [1.29, 1.82) is 0 Å². The molecule has 5 nitrogen and oxygen atoms in total. The van der Waals surface area contributed by atoms with E-state index in [1.165, 1.54) is 0 Å². The maximum atomic E-state index is 12.9. The number of rotatable bonds is 3. The molecule has 0 unspecified atom stereocenters. The summed E-state index contributed by atoms with van der Waals surface area (Å²) >= 11 is 0. The Kier molecular flexibility index (Phi) is 3.41. The average molecular weight is 309 g/mol. The van der Waals surface area contributed by atoms with Crippen molar-refractivity contribution < 1.29 is 4.74 Å². The van der Waals surface area contributed by atoms with E-state index in [0.29, 0.717) is 6.54 Å². The van der Waals surface area contributed by atoms with E-state index in [-0.39, 0.29) is 5.56 Å². The highest BCUT2D eigenvalue weighted by Crippen LogP contribution is 2.23. The third-order valence-electron chi connectivity index (χ3n) is 4.57. The van der Waals surface area contributed by atoms with E-state index >= 15 is 0 Å². The van der Waals surface area contributed by atoms with Gasteiger partial charge in [-0.15, -0.1) is 0 Å². The van der Waals surface area contributed by atoms with Gasteiger partial charge < -0.3 is 9.30 Å². The van der Waals surface area contributed by atoms with Gasteiger partial charge in [-0.25, -0.2) is 4.52 Å². The van der Waals surface area contributed by atoms with Crippen LogP contribution in [0.2, 0.25) is 0 Å². The Morgan fingerprint density at radius 3 is 2.87 bits per heavy atom. The van der Waals surface area contributed by atoms with Gasteiger partial charge in [-0.2, -0.15) is 5.10 Å². The minimum atomic E-state index is 0.0223. The molecule has 4 rings (SSSR count). The van der Waals surface area contributed by atoms with Crippen molar-refractivity contribution in [1.82, 2.24) is 14.2 Å². The molecule has 2 aromatic heterocycles. The van der Waals surface area contributed by atoms with Crippen LogP contribution in [0.1, 0.15) is 29.7 Å². The molecule has 0 saturated carbocycles. The molecule has 5 heteroatoms. The molecule has 0 saturated heterocycles. The van der Waals surface area contributed by atoms with E-state index in [2.05, 4.69) is 5.10 Å². The largest absolute Gasteiger partial charge is 0.496 e. The zero-order valence-corrected chi connectivity index (χ0v) is 13.2. The summed E-state index contributed by atoms with van der Waals surface area (Å²) in [6.07, 6.45) is 7.90. The Hall–Kier alpha value is -2.56. The van der Waals surface area contributed by atoms with Crippen LogP contribution < -0.4 is 10.3 Å². The van der Waals surface area contributed by atoms with Gasteiger partial charge >= 0.3 is 0 Å². The summed E-state index contributed by atoms with van der Waals surface area (Å²) in [7, 11) is 1.65. The molecule has 0 N–H and O–H groups in total. The van der Waals surface area contributed by atoms with Gasteiger partial charge in [0.2, 0.25) is 0 Å². The summed E-state index contributed by atoms with van der Waals surface area (Å²) in [6, 6.07) is 7.80. The number of nitrogens with zero attached hydrogens (tertiary/aromatic N) is 3. The number of hydrogen-bond donors (Lipinski definition) is 0. The van der Waals surface area contributed by atoms with Crippen LogP contribution in [-0.4, -0.2) is 21.3 Å². The van der Waals surface area contributed by atoms with Gasteiger partial charge in [0.25, 0.3) is 5.56 Å². The second kappa shape index (κ2) is 5.57. The number of aromatic nitrogens is 3. The molecular weight excluding hydrogens is 290 g/mol. The van der Waals surface area contributed by atoms with Crippen molar-refractivity contribution in [2.75, 3.05) is 7.11 Å². The van der Waals surface area contributed by atoms with Gasteiger partial charge in [-0.05, 0) is 31.7 Å². The van der Waals surface area contributed by atoms with Gasteiger partial charge in [0.15, 0.2) is 0 Å². The normalized spacial score (nSPS) is 14.0. The molecule has 0 amide bonds. The molecule has 1 aromatic carbocycles. The van der Waals surface area contributed by atoms with Crippen LogP contribution in [0.4, 0.5) is 0 Å². The molecule has 23 heavy (non-hydrogen) atoms. The van der Waals surface area contributed by atoms with Gasteiger partial charge in [-0.1, -0.05) is 18.2 Å². The number of aryl methyl sites for hydroxylation is 2. The molecule has 2 heterocycles. The van der Waals surface area contributed by atoms with E-state index in [1.54, 1.807) is 22.4 Å². The SMILES string of the molecule is COc1ccccc1Cn1ccn2nc3c(c2c1=O)CCCC3. The smallest absolute Gasteiger partial charge is 0.277 e. The zero-order valence-electron chi connectivity index (χ0n) is 13.2. The van der Waals surface area contributed by atoms with E-state index in [4.69, 9.17) is 4.74 Å². The topological polar surface area (TPSA) is 48.5 Å². The quantitative estimate of drug-likeness (QED) is 0.746. The lowest BCUT2D eigenvalue weighted by atomic mass is 9.97. The van der Waals surface area contributed by atoms with Crippen molar-refractivity contribution in [3.63, 3.8) is 0 Å². The summed E-state index contributed by atoms with van der Waals surface area (Å²) in [5, 5.41) is 4.57. The van der Waals surface area contributed by atoms with Gasteiger partial charge in [-0.3, -0.25) is 4.79 Å². The monoisotopic (exact) mass is 309 g/mol. The van der Waals surface area contributed by atoms with E-state index < -0.39 is 0 Å². The Morgan fingerprint density at radius 2 is 2.00 bits per heavy atom. The molecule has 0 bridgehead atoms. The first-order chi connectivity index (χ1) is 11.3. The first kappa shape index (κ1) is 14.1. The lowest BCUT2D eigenvalue weighted by Crippen LogP contribution is -2.23. The third kappa shape index (κ3) is 2.32. The van der Waals surface area contributed by atoms with Crippen LogP contribution in [0.3, 0.4) is 0 Å². The molecule has 1 aliphatic rings. The van der Waals surface area contributed by atoms with E-state index in [1.807, 2.05) is 30.5 Å². The van der Waals surface area contributed by atoms with Gasteiger partial charge in [0.05, 0.1) is 19.3 Å². The number of para-hydroxylation sites is 1. The molecule has 118 valence electrons. The highest BCUT2D eigenvalue weighted by atomic mass is 16.5. The molecule has 3 aromatic rings. The summed E-state index contributed by atoms with van der Waals surface area (Å²) in [5.74, 6) is 0.801. The highest BCUT2D eigenvalue weighted by Gasteiger charge is 2.19. The summed E-state index contributed by atoms with van der Waals surface area (Å²) in [5.41, 5.74) is 3.97. The number of methoxy groups -OCH3 is 1. The van der Waals surface area contributed by atoms with Crippen molar-refractivity contribution in [3.05, 3.63) is 63.8 Å². The van der Waals surface area contributed by atoms with Crippen molar-refractivity contribution in [2.45, 2.75) is 32.2 Å². The molecule has 0 atom stereocenters. The Labute approximate surface area is 134 Å². The molecule has 0 spiro atoms. The fourth-order valence-electron chi connectivity index (χ4n) is 3.40. The standard InChI is InChI=1S/C18H19N3O2/c1-23-16-9-5-2-6-13(16)12-20-10-11-21-17(18(20)22)14-7-3-4-8-15(14)19-21/h2,5-6,9-11H,3-4,7-8,12H2,1H3. The molecular formula is C18H19N3O2. The number of benzene rings is 1. The minimum Gasteiger partial charge on any atom is -0.496 e. The summed E-state index contributed by atoms with van der Waals surface area (Å²) < 4.78 is 8.87. The highest BCUT2D eigenvalue weighted by molar-refractivity contribution is 5.56. The summed E-state index contributed by atoms with van der Waals surface area (Å²) in [6.45, 7) is 0.499. The first-order valence-corrected chi connectivity index (χ1v) is 7.99. The van der Waals surface area contributed by atoms with Crippen LogP contribution in [-0.2, 0) is 19.4 Å². The van der Waals surface area contributed by atoms with Crippen LogP contribution in [0, 0.1) is 0 Å². The molecule has 0 aliphatic heterocycles. The Morgan fingerprint density at radius 1 is 1.17 bits per heavy atom. The van der Waals surface area contributed by atoms with Crippen molar-refractivity contribution in [2.24, 2.45) is 0 Å². The van der Waals surface area contributed by atoms with Gasteiger partial charge in [0, 0.05) is 23.5 Å². The predicted octanol–water partition coefficient (Wildman–Crippen LogP) is 2.43. The predicted molar refractivity (Wildman–Crippen MR) is 88.2 cm³/mol. The van der Waals surface area contributed by atoms with Crippen LogP contribution in [0.25, 0.3) is 5.52 Å². The fourth-order valence-corrected chi connectivity index (χ4v) is 3.40. The fraction of sp³-hybridized carbons (Fsp3) is 0.333. The van der Waals surface area contributed by atoms with Crippen LogP contribution in [0.5, 0.6) is 5.75 Å². The zero-order chi connectivity index (χ0) is 15.8. The maximum absolute atomic E-state index is 12.9. The summed E-state index contributed by atoms with van der Waals surface area (Å²) in [4.78, 5) is 12.9.